The molecular formula is C35H30BrFN4O. The van der Waals surface area contributed by atoms with Gasteiger partial charge in [-0.15, -0.1) is 0 Å². The molecular weight excluding hydrogens is 591 g/mol. The van der Waals surface area contributed by atoms with Gasteiger partial charge in [0, 0.05) is 34.9 Å². The molecule has 1 aliphatic heterocycles. The van der Waals surface area contributed by atoms with Crippen LogP contribution in [0.4, 0.5) is 15.9 Å². The van der Waals surface area contributed by atoms with Crippen molar-refractivity contribution >= 4 is 33.1 Å². The Morgan fingerprint density at radius 3 is 1.90 bits per heavy atom. The number of anilines is 2. The van der Waals surface area contributed by atoms with Crippen LogP contribution in [-0.2, 0) is 10.3 Å². The molecule has 5 nitrogen and oxygen atoms in total. The van der Waals surface area contributed by atoms with Crippen molar-refractivity contribution in [3.63, 3.8) is 0 Å². The zero-order chi connectivity index (χ0) is 28.9. The number of pyridine rings is 1. The molecule has 1 aliphatic rings. The Hall–Kier alpha value is -4.33. The van der Waals surface area contributed by atoms with Crippen molar-refractivity contribution < 1.29 is 9.13 Å². The van der Waals surface area contributed by atoms with Gasteiger partial charge in [-0.2, -0.15) is 0 Å². The van der Waals surface area contributed by atoms with Crippen molar-refractivity contribution in [2.75, 3.05) is 36.5 Å². The van der Waals surface area contributed by atoms with Crippen LogP contribution in [0, 0.1) is 11.2 Å². The highest BCUT2D eigenvalue weighted by Gasteiger charge is 2.38. The Morgan fingerprint density at radius 1 is 0.810 bits per heavy atom. The van der Waals surface area contributed by atoms with E-state index < -0.39 is 11.4 Å². The summed E-state index contributed by atoms with van der Waals surface area (Å²) in [5, 5.41) is 13.0. The van der Waals surface area contributed by atoms with Gasteiger partial charge in [-0.25, -0.2) is 9.37 Å². The molecule has 0 aliphatic carbocycles. The highest BCUT2D eigenvalue weighted by Crippen LogP contribution is 2.42. The first-order valence-electron chi connectivity index (χ1n) is 13.9. The number of ether oxygens (including phenoxy) is 1. The molecule has 6 rings (SSSR count). The van der Waals surface area contributed by atoms with Crippen molar-refractivity contribution in [2.24, 2.45) is 0 Å². The summed E-state index contributed by atoms with van der Waals surface area (Å²) in [7, 11) is 0. The van der Waals surface area contributed by atoms with Gasteiger partial charge in [0.05, 0.1) is 24.6 Å². The Bertz CT molecular complexity index is 1580. The topological polar surface area (TPSA) is 61.2 Å². The fourth-order valence-electron chi connectivity index (χ4n) is 5.56. The highest BCUT2D eigenvalue weighted by atomic mass is 79.9. The van der Waals surface area contributed by atoms with Crippen molar-refractivity contribution in [2.45, 2.75) is 5.54 Å². The number of nitrogens with one attached hydrogen (secondary N) is 2. The molecule has 7 heteroatoms. The van der Waals surface area contributed by atoms with Gasteiger partial charge in [-0.05, 0) is 41.0 Å². The van der Waals surface area contributed by atoms with E-state index >= 15 is 4.39 Å². The van der Waals surface area contributed by atoms with Crippen LogP contribution in [0.3, 0.4) is 0 Å². The highest BCUT2D eigenvalue weighted by molar-refractivity contribution is 9.10. The van der Waals surface area contributed by atoms with E-state index in [0.29, 0.717) is 28.8 Å². The number of benzene rings is 4. The number of hydrogen-bond acceptors (Lipinski definition) is 5. The molecule has 5 aromatic rings. The predicted octanol–water partition coefficient (Wildman–Crippen LogP) is 7.64. The van der Waals surface area contributed by atoms with Crippen molar-refractivity contribution in [3.05, 3.63) is 160 Å². The fourth-order valence-corrected chi connectivity index (χ4v) is 5.99. The first kappa shape index (κ1) is 27.8. The monoisotopic (exact) mass is 620 g/mol. The third-order valence-electron chi connectivity index (χ3n) is 7.63. The van der Waals surface area contributed by atoms with E-state index in [4.69, 9.17) is 4.74 Å². The van der Waals surface area contributed by atoms with Crippen molar-refractivity contribution in [1.82, 2.24) is 4.98 Å². The van der Waals surface area contributed by atoms with Crippen LogP contribution in [0.5, 0.6) is 0 Å². The minimum atomic E-state index is -0.954. The lowest BCUT2D eigenvalue weighted by Gasteiger charge is -2.38. The predicted molar refractivity (Wildman–Crippen MR) is 170 cm³/mol. The molecule has 2 heterocycles. The minimum Gasteiger partial charge on any atom is -0.378 e. The summed E-state index contributed by atoms with van der Waals surface area (Å²) in [6, 6.07) is 37.1. The molecule has 0 bridgehead atoms. The van der Waals surface area contributed by atoms with Gasteiger partial charge in [0.1, 0.15) is 17.2 Å². The number of rotatable bonds is 8. The van der Waals surface area contributed by atoms with Gasteiger partial charge in [0.15, 0.2) is 0 Å². The van der Waals surface area contributed by atoms with E-state index in [0.717, 1.165) is 35.6 Å². The van der Waals surface area contributed by atoms with Gasteiger partial charge in [0.2, 0.25) is 0 Å². The summed E-state index contributed by atoms with van der Waals surface area (Å²) in [6.45, 7) is 2.73. The number of nitrogens with zero attached hydrogens (tertiary/aromatic N) is 2. The van der Waals surface area contributed by atoms with Gasteiger partial charge in [-0.3, -0.25) is 5.41 Å². The van der Waals surface area contributed by atoms with Crippen LogP contribution in [0.2, 0.25) is 0 Å². The molecule has 42 heavy (non-hydrogen) atoms. The van der Waals surface area contributed by atoms with Gasteiger partial charge in [-0.1, -0.05) is 107 Å². The summed E-state index contributed by atoms with van der Waals surface area (Å²) < 4.78 is 22.3. The van der Waals surface area contributed by atoms with Crippen LogP contribution in [0.1, 0.15) is 27.8 Å². The van der Waals surface area contributed by atoms with Crippen molar-refractivity contribution in [1.29, 1.82) is 5.41 Å². The van der Waals surface area contributed by atoms with Gasteiger partial charge < -0.3 is 15.0 Å². The number of morpholine rings is 1. The maximum atomic E-state index is 16.2. The third kappa shape index (κ3) is 5.45. The lowest BCUT2D eigenvalue weighted by Crippen LogP contribution is -2.39. The normalized spacial score (nSPS) is 13.5. The third-order valence-corrected chi connectivity index (χ3v) is 8.08. The van der Waals surface area contributed by atoms with E-state index in [-0.39, 0.29) is 11.4 Å². The Labute approximate surface area is 253 Å². The van der Waals surface area contributed by atoms with E-state index in [1.165, 1.54) is 6.07 Å². The van der Waals surface area contributed by atoms with E-state index in [1.54, 1.807) is 18.3 Å². The smallest absolute Gasteiger partial charge is 0.148 e. The summed E-state index contributed by atoms with van der Waals surface area (Å²) in [5.74, 6) is 0.316. The fraction of sp³-hybridized carbons (Fsp3) is 0.143. The molecule has 1 aromatic heterocycles. The molecule has 210 valence electrons. The number of hydrogen-bond donors (Lipinski definition) is 2. The number of halogens is 2. The molecule has 0 spiro atoms. The minimum absolute atomic E-state index is 0.192. The first-order chi connectivity index (χ1) is 20.6. The van der Waals surface area contributed by atoms with Gasteiger partial charge >= 0.3 is 0 Å². The van der Waals surface area contributed by atoms with E-state index in [2.05, 4.69) is 31.1 Å². The average Bonchev–Trinajstić information content (AvgIpc) is 3.05. The molecule has 2 N–H and O–H groups in total. The zero-order valence-corrected chi connectivity index (χ0v) is 24.5. The van der Waals surface area contributed by atoms with Crippen LogP contribution in [0.25, 0.3) is 0 Å². The van der Waals surface area contributed by atoms with Crippen LogP contribution >= 0.6 is 15.9 Å². The zero-order valence-electron chi connectivity index (χ0n) is 22.9. The summed E-state index contributed by atoms with van der Waals surface area (Å²) >= 11 is 3.48. The molecule has 1 fully saturated rings. The quantitative estimate of drug-likeness (QED) is 0.138. The van der Waals surface area contributed by atoms with E-state index in [9.17, 15) is 5.41 Å². The van der Waals surface area contributed by atoms with Crippen LogP contribution < -0.4 is 10.2 Å². The SMILES string of the molecule is N=C(c1ccnc(N2CCOCC2)c1)c1cc(Br)cc(F)c1NC(c1ccccc1)(c1ccccc1)c1ccccc1. The second-order valence-corrected chi connectivity index (χ2v) is 11.1. The first-order valence-corrected chi connectivity index (χ1v) is 14.7. The molecule has 0 saturated carbocycles. The largest absolute Gasteiger partial charge is 0.378 e. The van der Waals surface area contributed by atoms with Crippen molar-refractivity contribution in [3.8, 4) is 0 Å². The van der Waals surface area contributed by atoms with Crippen LogP contribution in [-0.4, -0.2) is 37.0 Å². The maximum Gasteiger partial charge on any atom is 0.148 e. The average molecular weight is 622 g/mol. The molecule has 0 amide bonds. The Balaban J connectivity index is 1.52. The van der Waals surface area contributed by atoms with E-state index in [1.807, 2.05) is 97.1 Å². The molecule has 4 aromatic carbocycles. The molecule has 0 unspecified atom stereocenters. The standard InChI is InChI=1S/C35H30BrFN4O/c36-29-23-30(33(38)25-16-17-39-32(22-25)41-18-20-42-21-19-41)34(31(37)24-29)40-35(26-10-4-1-5-11-26,27-12-6-2-7-13-27)28-14-8-3-9-15-28/h1-17,22-24,38,40H,18-21H2. The lowest BCUT2D eigenvalue weighted by atomic mass is 9.76. The summed E-state index contributed by atoms with van der Waals surface area (Å²) in [4.78, 5) is 6.69. The summed E-state index contributed by atoms with van der Waals surface area (Å²) in [5.41, 5.74) is 3.40. The van der Waals surface area contributed by atoms with Gasteiger partial charge in [0.25, 0.3) is 0 Å². The maximum absolute atomic E-state index is 16.2. The van der Waals surface area contributed by atoms with Crippen LogP contribution in [0.15, 0.2) is 126 Å². The Morgan fingerprint density at radius 2 is 1.36 bits per heavy atom. The number of aromatic nitrogens is 1. The second-order valence-electron chi connectivity index (χ2n) is 10.2. The lowest BCUT2D eigenvalue weighted by molar-refractivity contribution is 0.122. The molecule has 0 radical (unpaired) electrons. The Kier molecular flexibility index (Phi) is 8.13. The molecule has 1 saturated heterocycles. The molecule has 0 atom stereocenters. The summed E-state index contributed by atoms with van der Waals surface area (Å²) in [6.07, 6.45) is 1.71. The second kappa shape index (κ2) is 12.3.